The van der Waals surface area contributed by atoms with E-state index in [1.165, 1.54) is 6.42 Å². The third-order valence-corrected chi connectivity index (χ3v) is 4.96. The Balaban J connectivity index is 3.41. The summed E-state index contributed by atoms with van der Waals surface area (Å²) in [4.78, 5) is 0.738. The molecule has 55 valence electrons. The van der Waals surface area contributed by atoms with Crippen LogP contribution in [0.1, 0.15) is 20.3 Å². The van der Waals surface area contributed by atoms with Gasteiger partial charge >= 0.3 is 63.0 Å². The third kappa shape index (κ3) is 3.99. The molecular formula is C7H17AsN. The molecular weight excluding hydrogens is 173 g/mol. The molecule has 0 bridgehead atoms. The molecule has 0 aliphatic carbocycles. The van der Waals surface area contributed by atoms with E-state index in [9.17, 15) is 0 Å². The third-order valence-electron chi connectivity index (χ3n) is 1.35. The van der Waals surface area contributed by atoms with Crippen LogP contribution < -0.4 is 5.32 Å². The summed E-state index contributed by atoms with van der Waals surface area (Å²) in [5, 5.41) is 4.51. The first-order chi connectivity index (χ1) is 4.22. The fourth-order valence-corrected chi connectivity index (χ4v) is 3.43. The number of hydrogen-bond acceptors (Lipinski definition) is 0. The van der Waals surface area contributed by atoms with Crippen molar-refractivity contribution in [2.45, 2.75) is 36.5 Å². The van der Waals surface area contributed by atoms with Gasteiger partial charge in [-0.05, 0) is 0 Å². The van der Waals surface area contributed by atoms with Crippen LogP contribution in [0.4, 0.5) is 0 Å². The monoisotopic (exact) mass is 190 g/mol. The van der Waals surface area contributed by atoms with Crippen LogP contribution in [-0.4, -0.2) is 26.0 Å². The van der Waals surface area contributed by atoms with Crippen LogP contribution >= 0.6 is 0 Å². The molecule has 1 radical (unpaired) electrons. The molecule has 1 atom stereocenters. The molecule has 0 aromatic carbocycles. The van der Waals surface area contributed by atoms with Crippen LogP contribution in [0.2, 0.25) is 11.4 Å². The van der Waals surface area contributed by atoms with E-state index in [4.69, 9.17) is 0 Å². The SMILES string of the molecule is CC[N]C(CC)[As](C)C. The fourth-order valence-electron chi connectivity index (χ4n) is 0.868. The first-order valence-corrected chi connectivity index (χ1v) is 8.39. The van der Waals surface area contributed by atoms with Crippen molar-refractivity contribution in [2.75, 3.05) is 6.54 Å². The second-order valence-corrected chi connectivity index (χ2v) is 7.65. The summed E-state index contributed by atoms with van der Waals surface area (Å²) in [6.45, 7) is 5.37. The van der Waals surface area contributed by atoms with Crippen molar-refractivity contribution in [1.29, 1.82) is 0 Å². The van der Waals surface area contributed by atoms with Gasteiger partial charge in [0, 0.05) is 0 Å². The van der Waals surface area contributed by atoms with E-state index in [0.29, 0.717) is 0 Å². The second kappa shape index (κ2) is 5.31. The molecule has 0 spiro atoms. The molecule has 0 aliphatic heterocycles. The molecule has 0 N–H and O–H groups in total. The standard InChI is InChI=1S/C7H17AsN/c1-5-7(8(3)4)9-6-2/h7H,5-6H2,1-4H3. The molecule has 0 heterocycles. The van der Waals surface area contributed by atoms with Gasteiger partial charge in [-0.1, -0.05) is 0 Å². The quantitative estimate of drug-likeness (QED) is 0.599. The first kappa shape index (κ1) is 9.52. The summed E-state index contributed by atoms with van der Waals surface area (Å²) in [6.07, 6.45) is 1.25. The zero-order valence-electron chi connectivity index (χ0n) is 6.89. The van der Waals surface area contributed by atoms with Gasteiger partial charge in [0.25, 0.3) is 0 Å². The molecule has 0 fully saturated rings. The van der Waals surface area contributed by atoms with Gasteiger partial charge in [-0.15, -0.1) is 0 Å². The first-order valence-electron chi connectivity index (χ1n) is 3.55. The summed E-state index contributed by atoms with van der Waals surface area (Å²) in [7, 11) is 0. The van der Waals surface area contributed by atoms with Gasteiger partial charge in [0.15, 0.2) is 0 Å². The van der Waals surface area contributed by atoms with Gasteiger partial charge in [0.05, 0.1) is 0 Å². The Morgan fingerprint density at radius 1 is 1.33 bits per heavy atom. The molecule has 0 aromatic rings. The Hall–Kier alpha value is 0.518. The fraction of sp³-hybridized carbons (Fsp3) is 1.00. The minimum atomic E-state index is -0.529. The van der Waals surface area contributed by atoms with Crippen molar-refractivity contribution in [3.8, 4) is 0 Å². The zero-order chi connectivity index (χ0) is 7.28. The predicted octanol–water partition coefficient (Wildman–Crippen LogP) is 1.68. The van der Waals surface area contributed by atoms with Crippen LogP contribution in [-0.2, 0) is 0 Å². The van der Waals surface area contributed by atoms with Gasteiger partial charge in [-0.3, -0.25) is 0 Å². The molecule has 1 unspecified atom stereocenters. The molecule has 0 saturated carbocycles. The van der Waals surface area contributed by atoms with Crippen molar-refractivity contribution >= 4 is 14.7 Å². The molecule has 9 heavy (non-hydrogen) atoms. The van der Waals surface area contributed by atoms with E-state index in [0.717, 1.165) is 11.4 Å². The minimum absolute atomic E-state index is 0.529. The Morgan fingerprint density at radius 3 is 2.00 bits per heavy atom. The Morgan fingerprint density at radius 2 is 1.89 bits per heavy atom. The van der Waals surface area contributed by atoms with Gasteiger partial charge in [-0.25, -0.2) is 0 Å². The molecule has 0 aromatic heterocycles. The molecule has 0 rings (SSSR count). The van der Waals surface area contributed by atoms with Crippen molar-refractivity contribution in [3.63, 3.8) is 0 Å². The van der Waals surface area contributed by atoms with Gasteiger partial charge < -0.3 is 0 Å². The molecule has 0 saturated heterocycles. The second-order valence-electron chi connectivity index (χ2n) is 2.35. The Bertz CT molecular complexity index is 63.9. The Labute approximate surface area is 63.5 Å². The topological polar surface area (TPSA) is 14.1 Å². The predicted molar refractivity (Wildman–Crippen MR) is 44.2 cm³/mol. The summed E-state index contributed by atoms with van der Waals surface area (Å²) in [6, 6.07) is 0. The summed E-state index contributed by atoms with van der Waals surface area (Å²) < 4.78 is 0. The Kier molecular flexibility index (Phi) is 5.62. The maximum atomic E-state index is 4.51. The van der Waals surface area contributed by atoms with Crippen LogP contribution in [0.5, 0.6) is 0 Å². The van der Waals surface area contributed by atoms with Crippen molar-refractivity contribution < 1.29 is 0 Å². The van der Waals surface area contributed by atoms with Crippen molar-refractivity contribution in [3.05, 3.63) is 0 Å². The van der Waals surface area contributed by atoms with Crippen LogP contribution in [0.25, 0.3) is 0 Å². The summed E-state index contributed by atoms with van der Waals surface area (Å²) in [5.74, 6) is 0. The van der Waals surface area contributed by atoms with Crippen LogP contribution in [0.15, 0.2) is 0 Å². The summed E-state index contributed by atoms with van der Waals surface area (Å²) in [5.41, 5.74) is 4.75. The van der Waals surface area contributed by atoms with E-state index >= 15 is 0 Å². The molecule has 1 nitrogen and oxygen atoms in total. The zero-order valence-corrected chi connectivity index (χ0v) is 8.76. The van der Waals surface area contributed by atoms with Crippen molar-refractivity contribution in [2.24, 2.45) is 0 Å². The van der Waals surface area contributed by atoms with Gasteiger partial charge in [0.2, 0.25) is 0 Å². The van der Waals surface area contributed by atoms with E-state index < -0.39 is 14.7 Å². The average Bonchev–Trinajstić information content (AvgIpc) is 1.82. The maximum absolute atomic E-state index is 4.51. The van der Waals surface area contributed by atoms with Gasteiger partial charge in [-0.2, -0.15) is 0 Å². The average molecular weight is 190 g/mol. The van der Waals surface area contributed by atoms with Crippen LogP contribution in [0.3, 0.4) is 0 Å². The molecule has 0 amide bonds. The van der Waals surface area contributed by atoms with E-state index in [-0.39, 0.29) is 0 Å². The van der Waals surface area contributed by atoms with Crippen molar-refractivity contribution in [1.82, 2.24) is 5.32 Å². The normalized spacial score (nSPS) is 14.3. The van der Waals surface area contributed by atoms with E-state index in [1.54, 1.807) is 0 Å². The van der Waals surface area contributed by atoms with Gasteiger partial charge in [0.1, 0.15) is 0 Å². The van der Waals surface area contributed by atoms with Crippen LogP contribution in [0, 0.1) is 0 Å². The van der Waals surface area contributed by atoms with E-state index in [1.807, 2.05) is 0 Å². The number of hydrogen-bond donors (Lipinski definition) is 0. The number of nitrogens with zero attached hydrogens (tertiary/aromatic N) is 1. The summed E-state index contributed by atoms with van der Waals surface area (Å²) >= 11 is -0.529. The molecule has 0 aliphatic rings. The molecule has 2 heteroatoms. The van der Waals surface area contributed by atoms with E-state index in [2.05, 4.69) is 30.6 Å². The number of rotatable bonds is 4.